The SMILES string of the molecule is Cc1nn(CC(O)CNCc2cccs2)c(C)c1[N+](=O)[O-]. The zero-order valence-electron chi connectivity index (χ0n) is 11.9. The van der Waals surface area contributed by atoms with Gasteiger partial charge in [-0.15, -0.1) is 11.3 Å². The third kappa shape index (κ3) is 3.87. The Morgan fingerprint density at radius 1 is 1.57 bits per heavy atom. The lowest BCUT2D eigenvalue weighted by molar-refractivity contribution is -0.386. The van der Waals surface area contributed by atoms with Crippen molar-refractivity contribution in [3.05, 3.63) is 43.9 Å². The van der Waals surface area contributed by atoms with Crippen molar-refractivity contribution in [2.75, 3.05) is 6.54 Å². The van der Waals surface area contributed by atoms with Gasteiger partial charge in [-0.25, -0.2) is 0 Å². The summed E-state index contributed by atoms with van der Waals surface area (Å²) in [5.41, 5.74) is 0.861. The lowest BCUT2D eigenvalue weighted by atomic mass is 10.3. The fraction of sp³-hybridized carbons (Fsp3) is 0.462. The average molecular weight is 310 g/mol. The Morgan fingerprint density at radius 3 is 2.90 bits per heavy atom. The van der Waals surface area contributed by atoms with Crippen LogP contribution in [-0.2, 0) is 13.1 Å². The quantitative estimate of drug-likeness (QED) is 0.599. The summed E-state index contributed by atoms with van der Waals surface area (Å²) in [6.45, 7) is 4.58. The van der Waals surface area contributed by atoms with Gasteiger partial charge in [-0.1, -0.05) is 6.07 Å². The van der Waals surface area contributed by atoms with Gasteiger partial charge in [0, 0.05) is 18.0 Å². The predicted octanol–water partition coefficient (Wildman–Crippen LogP) is 1.62. The summed E-state index contributed by atoms with van der Waals surface area (Å²) < 4.78 is 1.49. The number of aliphatic hydroxyl groups excluding tert-OH is 1. The molecule has 0 bridgehead atoms. The van der Waals surface area contributed by atoms with Crippen LogP contribution in [0.15, 0.2) is 17.5 Å². The van der Waals surface area contributed by atoms with Crippen LogP contribution in [0.1, 0.15) is 16.3 Å². The molecular formula is C13H18N4O3S. The van der Waals surface area contributed by atoms with Crippen LogP contribution in [0.4, 0.5) is 5.69 Å². The first kappa shape index (κ1) is 15.6. The first-order valence-electron chi connectivity index (χ1n) is 6.58. The van der Waals surface area contributed by atoms with Crippen molar-refractivity contribution < 1.29 is 10.0 Å². The third-order valence-electron chi connectivity index (χ3n) is 3.17. The summed E-state index contributed by atoms with van der Waals surface area (Å²) in [4.78, 5) is 11.7. The number of nitrogens with one attached hydrogen (secondary N) is 1. The molecule has 1 atom stereocenters. The van der Waals surface area contributed by atoms with Gasteiger partial charge in [0.05, 0.1) is 17.6 Å². The normalized spacial score (nSPS) is 12.5. The largest absolute Gasteiger partial charge is 0.390 e. The zero-order valence-corrected chi connectivity index (χ0v) is 12.8. The topological polar surface area (TPSA) is 93.2 Å². The number of aryl methyl sites for hydroxylation is 1. The summed E-state index contributed by atoms with van der Waals surface area (Å²) in [6.07, 6.45) is -0.650. The summed E-state index contributed by atoms with van der Waals surface area (Å²) in [5.74, 6) is 0. The fourth-order valence-electron chi connectivity index (χ4n) is 2.17. The predicted molar refractivity (Wildman–Crippen MR) is 80.4 cm³/mol. The lowest BCUT2D eigenvalue weighted by Gasteiger charge is -2.12. The van der Waals surface area contributed by atoms with E-state index in [1.54, 1.807) is 25.2 Å². The van der Waals surface area contributed by atoms with Crippen molar-refractivity contribution in [2.24, 2.45) is 0 Å². The van der Waals surface area contributed by atoms with E-state index in [4.69, 9.17) is 0 Å². The molecule has 114 valence electrons. The molecule has 0 radical (unpaired) electrons. The Morgan fingerprint density at radius 2 is 2.33 bits per heavy atom. The first-order chi connectivity index (χ1) is 9.99. The fourth-order valence-corrected chi connectivity index (χ4v) is 2.84. The maximum absolute atomic E-state index is 10.9. The Balaban J connectivity index is 1.89. The number of aliphatic hydroxyl groups is 1. The molecule has 2 heterocycles. The van der Waals surface area contributed by atoms with Crippen LogP contribution in [0, 0.1) is 24.0 Å². The minimum absolute atomic E-state index is 0.0220. The third-order valence-corrected chi connectivity index (χ3v) is 4.05. The monoisotopic (exact) mass is 310 g/mol. The molecule has 0 spiro atoms. The molecule has 0 aliphatic carbocycles. The van der Waals surface area contributed by atoms with Gasteiger partial charge in [0.25, 0.3) is 0 Å². The molecule has 2 aromatic rings. The molecule has 8 heteroatoms. The molecule has 0 aromatic carbocycles. The maximum Gasteiger partial charge on any atom is 0.312 e. The summed E-state index contributed by atoms with van der Waals surface area (Å²) >= 11 is 1.65. The summed E-state index contributed by atoms with van der Waals surface area (Å²) in [5, 5.41) is 30.2. The second-order valence-corrected chi connectivity index (χ2v) is 5.85. The standard InChI is InChI=1S/C13H18N4O3S/c1-9-13(17(19)20)10(2)16(15-9)8-11(18)6-14-7-12-4-3-5-21-12/h3-5,11,14,18H,6-8H2,1-2H3. The number of nitro groups is 1. The van der Waals surface area contributed by atoms with Crippen molar-refractivity contribution in [1.82, 2.24) is 15.1 Å². The van der Waals surface area contributed by atoms with Crippen LogP contribution in [0.25, 0.3) is 0 Å². The van der Waals surface area contributed by atoms with Crippen molar-refractivity contribution in [3.8, 4) is 0 Å². The zero-order chi connectivity index (χ0) is 15.4. The molecule has 0 saturated heterocycles. The molecule has 0 saturated carbocycles. The maximum atomic E-state index is 10.9. The second kappa shape index (κ2) is 6.79. The van der Waals surface area contributed by atoms with Gasteiger partial charge in [-0.2, -0.15) is 5.10 Å². The minimum atomic E-state index is -0.650. The van der Waals surface area contributed by atoms with E-state index in [-0.39, 0.29) is 12.2 Å². The molecule has 0 aliphatic rings. The molecule has 7 nitrogen and oxygen atoms in total. The van der Waals surface area contributed by atoms with Crippen LogP contribution in [0.3, 0.4) is 0 Å². The van der Waals surface area contributed by atoms with E-state index in [1.807, 2.05) is 17.5 Å². The Bertz CT molecular complexity index is 609. The van der Waals surface area contributed by atoms with E-state index in [1.165, 1.54) is 9.56 Å². The van der Waals surface area contributed by atoms with Gasteiger partial charge < -0.3 is 10.4 Å². The van der Waals surface area contributed by atoms with Crippen molar-refractivity contribution >= 4 is 17.0 Å². The molecule has 1 unspecified atom stereocenters. The van der Waals surface area contributed by atoms with Crippen LogP contribution < -0.4 is 5.32 Å². The highest BCUT2D eigenvalue weighted by molar-refractivity contribution is 7.09. The highest BCUT2D eigenvalue weighted by Crippen LogP contribution is 2.21. The van der Waals surface area contributed by atoms with Gasteiger partial charge in [0.15, 0.2) is 0 Å². The van der Waals surface area contributed by atoms with Crippen molar-refractivity contribution in [1.29, 1.82) is 0 Å². The number of hydrogen-bond donors (Lipinski definition) is 2. The van der Waals surface area contributed by atoms with Crippen LogP contribution >= 0.6 is 11.3 Å². The number of nitrogens with zero attached hydrogens (tertiary/aromatic N) is 3. The van der Waals surface area contributed by atoms with E-state index in [2.05, 4.69) is 10.4 Å². The van der Waals surface area contributed by atoms with Gasteiger partial charge in [-0.3, -0.25) is 14.8 Å². The van der Waals surface area contributed by atoms with Crippen molar-refractivity contribution in [3.63, 3.8) is 0 Å². The van der Waals surface area contributed by atoms with E-state index in [9.17, 15) is 15.2 Å². The molecule has 2 rings (SSSR count). The smallest absolute Gasteiger partial charge is 0.312 e. The average Bonchev–Trinajstić information content (AvgIpc) is 2.99. The summed E-state index contributed by atoms with van der Waals surface area (Å²) in [6, 6.07) is 4.00. The molecule has 0 aliphatic heterocycles. The van der Waals surface area contributed by atoms with E-state index in [0.717, 1.165) is 0 Å². The van der Waals surface area contributed by atoms with Gasteiger partial charge in [-0.05, 0) is 25.3 Å². The molecule has 21 heavy (non-hydrogen) atoms. The minimum Gasteiger partial charge on any atom is -0.390 e. The molecule has 2 N–H and O–H groups in total. The Kier molecular flexibility index (Phi) is 5.05. The lowest BCUT2D eigenvalue weighted by Crippen LogP contribution is -2.30. The molecule has 0 fully saturated rings. The first-order valence-corrected chi connectivity index (χ1v) is 7.46. The number of aromatic nitrogens is 2. The number of hydrogen-bond acceptors (Lipinski definition) is 6. The molecule has 2 aromatic heterocycles. The second-order valence-electron chi connectivity index (χ2n) is 4.82. The van der Waals surface area contributed by atoms with E-state index >= 15 is 0 Å². The van der Waals surface area contributed by atoms with Gasteiger partial charge >= 0.3 is 5.69 Å². The van der Waals surface area contributed by atoms with Gasteiger partial charge in [0.2, 0.25) is 0 Å². The van der Waals surface area contributed by atoms with Gasteiger partial charge in [0.1, 0.15) is 11.4 Å². The highest BCUT2D eigenvalue weighted by Gasteiger charge is 2.22. The van der Waals surface area contributed by atoms with Crippen LogP contribution in [0.2, 0.25) is 0 Å². The Labute approximate surface area is 126 Å². The number of rotatable bonds is 7. The molecular weight excluding hydrogens is 292 g/mol. The van der Waals surface area contributed by atoms with Crippen molar-refractivity contribution in [2.45, 2.75) is 33.0 Å². The van der Waals surface area contributed by atoms with E-state index < -0.39 is 11.0 Å². The van der Waals surface area contributed by atoms with Crippen LogP contribution in [0.5, 0.6) is 0 Å². The Hall–Kier alpha value is -1.77. The number of thiophene rings is 1. The molecule has 0 amide bonds. The highest BCUT2D eigenvalue weighted by atomic mass is 32.1. The van der Waals surface area contributed by atoms with Crippen LogP contribution in [-0.4, -0.2) is 32.5 Å². The summed E-state index contributed by atoms with van der Waals surface area (Å²) in [7, 11) is 0. The van der Waals surface area contributed by atoms with E-state index in [0.29, 0.717) is 24.5 Å².